The van der Waals surface area contributed by atoms with E-state index in [1.54, 1.807) is 18.4 Å². The van der Waals surface area contributed by atoms with E-state index < -0.39 is 0 Å². The fraction of sp³-hybridized carbons (Fsp3) is 0.500. The maximum atomic E-state index is 12.4. The number of aryl methyl sites for hydroxylation is 1. The van der Waals surface area contributed by atoms with E-state index in [0.29, 0.717) is 17.6 Å². The number of urea groups is 1. The van der Waals surface area contributed by atoms with E-state index in [4.69, 9.17) is 4.74 Å². The molecule has 1 aliphatic rings. The van der Waals surface area contributed by atoms with Crippen molar-refractivity contribution in [2.45, 2.75) is 32.2 Å². The molecule has 1 aliphatic carbocycles. The standard InChI is InChI=1S/C20H28N4O2S/c1-13-5-10-16-18(11-13)27-20(22-16)23-19(25)21-12-17(24(2)3)14-6-8-15(26-4)9-7-14/h6-9,13,17H,5,10-12H2,1-4H3,(H2,21,22,23,25)/t13-,17+/m0/s1. The van der Waals surface area contributed by atoms with Crippen LogP contribution in [0, 0.1) is 5.92 Å². The molecule has 2 aromatic rings. The van der Waals surface area contributed by atoms with Crippen molar-refractivity contribution in [3.63, 3.8) is 0 Å². The number of carbonyl (C=O) groups excluding carboxylic acids is 1. The Kier molecular flexibility index (Phi) is 6.34. The van der Waals surface area contributed by atoms with Gasteiger partial charge in [-0.05, 0) is 57.0 Å². The van der Waals surface area contributed by atoms with Crippen LogP contribution in [-0.4, -0.2) is 43.7 Å². The fourth-order valence-electron chi connectivity index (χ4n) is 3.35. The fourth-order valence-corrected chi connectivity index (χ4v) is 4.51. The molecule has 7 heteroatoms. The number of rotatable bonds is 6. The number of ether oxygens (including phenoxy) is 1. The van der Waals surface area contributed by atoms with E-state index >= 15 is 0 Å². The monoisotopic (exact) mass is 388 g/mol. The van der Waals surface area contributed by atoms with Crippen LogP contribution in [0.1, 0.15) is 35.5 Å². The van der Waals surface area contributed by atoms with Crippen LogP contribution in [0.4, 0.5) is 9.93 Å². The van der Waals surface area contributed by atoms with E-state index in [0.717, 1.165) is 29.8 Å². The van der Waals surface area contributed by atoms with Gasteiger partial charge < -0.3 is 15.0 Å². The largest absolute Gasteiger partial charge is 0.497 e. The molecule has 146 valence electrons. The molecule has 2 amide bonds. The van der Waals surface area contributed by atoms with E-state index in [1.807, 2.05) is 38.4 Å². The highest BCUT2D eigenvalue weighted by molar-refractivity contribution is 7.15. The predicted molar refractivity (Wildman–Crippen MR) is 110 cm³/mol. The van der Waals surface area contributed by atoms with Gasteiger partial charge in [-0.25, -0.2) is 9.78 Å². The van der Waals surface area contributed by atoms with E-state index in [9.17, 15) is 4.79 Å². The summed E-state index contributed by atoms with van der Waals surface area (Å²) in [5, 5.41) is 6.56. The number of thiazole rings is 1. The molecule has 0 fully saturated rings. The zero-order valence-corrected chi connectivity index (χ0v) is 17.2. The first-order valence-electron chi connectivity index (χ1n) is 9.30. The highest BCUT2D eigenvalue weighted by Crippen LogP contribution is 2.32. The summed E-state index contributed by atoms with van der Waals surface area (Å²) < 4.78 is 5.22. The number of likely N-dealkylation sites (N-methyl/N-ethyl adjacent to an activating group) is 1. The van der Waals surface area contributed by atoms with Crippen LogP contribution < -0.4 is 15.4 Å². The molecule has 0 bridgehead atoms. The molecule has 2 N–H and O–H groups in total. The van der Waals surface area contributed by atoms with Crippen LogP contribution in [0.3, 0.4) is 0 Å². The normalized spacial score (nSPS) is 17.3. The molecule has 0 spiro atoms. The Morgan fingerprint density at radius 1 is 1.37 bits per heavy atom. The summed E-state index contributed by atoms with van der Waals surface area (Å²) in [6.07, 6.45) is 3.25. The smallest absolute Gasteiger partial charge is 0.321 e. The average Bonchev–Trinajstić information content (AvgIpc) is 3.03. The van der Waals surface area contributed by atoms with Gasteiger partial charge in [-0.15, -0.1) is 11.3 Å². The number of aromatic nitrogens is 1. The molecule has 0 unspecified atom stereocenters. The van der Waals surface area contributed by atoms with Gasteiger partial charge in [-0.2, -0.15) is 0 Å². The van der Waals surface area contributed by atoms with Gasteiger partial charge in [0.1, 0.15) is 5.75 Å². The third-order valence-electron chi connectivity index (χ3n) is 4.99. The predicted octanol–water partition coefficient (Wildman–Crippen LogP) is 3.70. The molecule has 1 heterocycles. The van der Waals surface area contributed by atoms with Crippen LogP contribution >= 0.6 is 11.3 Å². The van der Waals surface area contributed by atoms with Crippen LogP contribution in [0.15, 0.2) is 24.3 Å². The van der Waals surface area contributed by atoms with Crippen molar-refractivity contribution in [3.8, 4) is 5.75 Å². The van der Waals surface area contributed by atoms with Crippen molar-refractivity contribution < 1.29 is 9.53 Å². The van der Waals surface area contributed by atoms with Crippen LogP contribution in [0.5, 0.6) is 5.75 Å². The van der Waals surface area contributed by atoms with Gasteiger partial charge in [0.2, 0.25) is 0 Å². The number of benzene rings is 1. The number of carbonyl (C=O) groups is 1. The number of amides is 2. The van der Waals surface area contributed by atoms with Gasteiger partial charge in [0.05, 0.1) is 18.8 Å². The Morgan fingerprint density at radius 2 is 2.11 bits per heavy atom. The van der Waals surface area contributed by atoms with Gasteiger partial charge in [-0.1, -0.05) is 19.1 Å². The lowest BCUT2D eigenvalue weighted by molar-refractivity contribution is 0.243. The Hall–Kier alpha value is -2.12. The van der Waals surface area contributed by atoms with E-state index in [-0.39, 0.29) is 12.1 Å². The number of hydrogen-bond donors (Lipinski definition) is 2. The number of fused-ring (bicyclic) bond motifs is 1. The lowest BCUT2D eigenvalue weighted by atomic mass is 9.93. The summed E-state index contributed by atoms with van der Waals surface area (Å²) in [4.78, 5) is 20.3. The third kappa shape index (κ3) is 4.99. The van der Waals surface area contributed by atoms with Crippen molar-refractivity contribution in [1.82, 2.24) is 15.2 Å². The van der Waals surface area contributed by atoms with Crippen molar-refractivity contribution in [3.05, 3.63) is 40.4 Å². The summed E-state index contributed by atoms with van der Waals surface area (Å²) >= 11 is 1.60. The summed E-state index contributed by atoms with van der Waals surface area (Å²) in [5.41, 5.74) is 2.28. The second kappa shape index (κ2) is 8.71. The third-order valence-corrected chi connectivity index (χ3v) is 6.02. The van der Waals surface area contributed by atoms with Crippen LogP contribution in [-0.2, 0) is 12.8 Å². The molecule has 3 rings (SSSR count). The van der Waals surface area contributed by atoms with E-state index in [1.165, 1.54) is 11.3 Å². The van der Waals surface area contributed by atoms with Crippen LogP contribution in [0.25, 0.3) is 0 Å². The maximum Gasteiger partial charge on any atom is 0.321 e. The van der Waals surface area contributed by atoms with Crippen molar-refractivity contribution in [2.24, 2.45) is 5.92 Å². The van der Waals surface area contributed by atoms with Gasteiger partial charge in [0.15, 0.2) is 5.13 Å². The lowest BCUT2D eigenvalue weighted by Crippen LogP contribution is -2.36. The first kappa shape index (κ1) is 19.6. The summed E-state index contributed by atoms with van der Waals surface area (Å²) in [6, 6.07) is 7.79. The second-order valence-electron chi connectivity index (χ2n) is 7.32. The van der Waals surface area contributed by atoms with Gasteiger partial charge in [-0.3, -0.25) is 5.32 Å². The first-order chi connectivity index (χ1) is 13.0. The topological polar surface area (TPSA) is 66.5 Å². The van der Waals surface area contributed by atoms with Crippen LogP contribution in [0.2, 0.25) is 0 Å². The lowest BCUT2D eigenvalue weighted by Gasteiger charge is -2.25. The number of nitrogens with one attached hydrogen (secondary N) is 2. The first-order valence-corrected chi connectivity index (χ1v) is 10.1. The minimum Gasteiger partial charge on any atom is -0.497 e. The summed E-state index contributed by atoms with van der Waals surface area (Å²) in [6.45, 7) is 2.77. The Bertz CT molecular complexity index is 773. The maximum absolute atomic E-state index is 12.4. The molecule has 0 saturated heterocycles. The molecule has 1 aromatic heterocycles. The van der Waals surface area contributed by atoms with Crippen molar-refractivity contribution in [2.75, 3.05) is 33.1 Å². The van der Waals surface area contributed by atoms with Gasteiger partial charge in [0, 0.05) is 11.4 Å². The average molecular weight is 389 g/mol. The molecule has 27 heavy (non-hydrogen) atoms. The Labute approximate surface area is 164 Å². The molecule has 1 aromatic carbocycles. The number of methoxy groups -OCH3 is 1. The van der Waals surface area contributed by atoms with Gasteiger partial charge >= 0.3 is 6.03 Å². The number of anilines is 1. The summed E-state index contributed by atoms with van der Waals surface area (Å²) in [5.74, 6) is 1.52. The molecular formula is C20H28N4O2S. The highest BCUT2D eigenvalue weighted by Gasteiger charge is 2.21. The quantitative estimate of drug-likeness (QED) is 0.792. The molecule has 0 radical (unpaired) electrons. The molecular weight excluding hydrogens is 360 g/mol. The van der Waals surface area contributed by atoms with E-state index in [2.05, 4.69) is 27.4 Å². The molecule has 2 atom stereocenters. The van der Waals surface area contributed by atoms with Crippen molar-refractivity contribution in [1.29, 1.82) is 0 Å². The number of nitrogens with zero attached hydrogens (tertiary/aromatic N) is 2. The minimum absolute atomic E-state index is 0.0759. The summed E-state index contributed by atoms with van der Waals surface area (Å²) in [7, 11) is 5.66. The zero-order valence-electron chi connectivity index (χ0n) is 16.4. The molecule has 0 saturated carbocycles. The zero-order chi connectivity index (χ0) is 19.4. The number of hydrogen-bond acceptors (Lipinski definition) is 5. The Balaban J connectivity index is 1.58. The SMILES string of the molecule is COc1ccc([C@@H](CNC(=O)Nc2nc3c(s2)C[C@@H](C)CC3)N(C)C)cc1. The van der Waals surface area contributed by atoms with Crippen molar-refractivity contribution >= 4 is 22.5 Å². The highest BCUT2D eigenvalue weighted by atomic mass is 32.1. The second-order valence-corrected chi connectivity index (χ2v) is 8.41. The molecule has 6 nitrogen and oxygen atoms in total. The Morgan fingerprint density at radius 3 is 2.78 bits per heavy atom. The minimum atomic E-state index is -0.213. The van der Waals surface area contributed by atoms with Gasteiger partial charge in [0.25, 0.3) is 0 Å². The molecule has 0 aliphatic heterocycles.